The summed E-state index contributed by atoms with van der Waals surface area (Å²) in [5.41, 5.74) is 11.1. The lowest BCUT2D eigenvalue weighted by atomic mass is 9.80. The van der Waals surface area contributed by atoms with Crippen molar-refractivity contribution in [2.45, 2.75) is 83.1 Å². The Morgan fingerprint density at radius 3 is 2.68 bits per heavy atom. The summed E-state index contributed by atoms with van der Waals surface area (Å²) in [5.74, 6) is 1.57. The molecule has 0 spiro atoms. The smallest absolute Gasteiger partial charge is 0.0319 e. The third-order valence-corrected chi connectivity index (χ3v) is 5.95. The SMILES string of the molecule is CC/C=C/CC[C@H]1CCc2cc([C@H]3CC[C@@](C)(N)C3)ccc2C1.CO. The van der Waals surface area contributed by atoms with Crippen molar-refractivity contribution in [3.8, 4) is 0 Å². The lowest BCUT2D eigenvalue weighted by Gasteiger charge is -2.26. The minimum absolute atomic E-state index is 0.0532. The van der Waals surface area contributed by atoms with E-state index in [-0.39, 0.29) is 5.54 Å². The van der Waals surface area contributed by atoms with Crippen LogP contribution in [-0.4, -0.2) is 17.8 Å². The summed E-state index contributed by atoms with van der Waals surface area (Å²) in [6.45, 7) is 4.42. The molecule has 0 radical (unpaired) electrons. The second-order valence-electron chi connectivity index (χ2n) is 8.19. The lowest BCUT2D eigenvalue weighted by Crippen LogP contribution is -2.32. The minimum Gasteiger partial charge on any atom is -0.400 e. The van der Waals surface area contributed by atoms with Gasteiger partial charge in [0.2, 0.25) is 0 Å². The predicted molar refractivity (Wildman–Crippen MR) is 108 cm³/mol. The van der Waals surface area contributed by atoms with Crippen molar-refractivity contribution in [2.75, 3.05) is 7.11 Å². The van der Waals surface area contributed by atoms with Gasteiger partial charge in [0.25, 0.3) is 0 Å². The van der Waals surface area contributed by atoms with Gasteiger partial charge in [-0.05, 0) is 93.2 Å². The van der Waals surface area contributed by atoms with E-state index < -0.39 is 0 Å². The molecule has 2 nitrogen and oxygen atoms in total. The zero-order chi connectivity index (χ0) is 18.3. The Balaban J connectivity index is 0.00000109. The highest BCUT2D eigenvalue weighted by atomic mass is 16.2. The van der Waals surface area contributed by atoms with Gasteiger partial charge in [0, 0.05) is 12.6 Å². The average molecular weight is 344 g/mol. The molecule has 25 heavy (non-hydrogen) atoms. The average Bonchev–Trinajstić information content (AvgIpc) is 3.00. The van der Waals surface area contributed by atoms with E-state index in [1.165, 1.54) is 51.4 Å². The van der Waals surface area contributed by atoms with Crippen LogP contribution in [0.3, 0.4) is 0 Å². The molecule has 1 aromatic carbocycles. The molecule has 0 unspecified atom stereocenters. The van der Waals surface area contributed by atoms with Crippen LogP contribution in [0.2, 0.25) is 0 Å². The highest BCUT2D eigenvalue weighted by molar-refractivity contribution is 5.36. The van der Waals surface area contributed by atoms with E-state index in [0.717, 1.165) is 19.4 Å². The molecule has 3 rings (SSSR count). The molecule has 1 fully saturated rings. The number of nitrogens with two attached hydrogens (primary N) is 1. The van der Waals surface area contributed by atoms with Crippen LogP contribution in [0.4, 0.5) is 0 Å². The molecule has 1 aromatic rings. The molecule has 0 aliphatic heterocycles. The Morgan fingerprint density at radius 2 is 2.00 bits per heavy atom. The van der Waals surface area contributed by atoms with Crippen molar-refractivity contribution in [1.82, 2.24) is 0 Å². The molecule has 0 aromatic heterocycles. The third-order valence-electron chi connectivity index (χ3n) is 5.95. The van der Waals surface area contributed by atoms with E-state index in [0.29, 0.717) is 5.92 Å². The Bertz CT molecular complexity index is 561. The summed E-state index contributed by atoms with van der Waals surface area (Å²) in [4.78, 5) is 0. The summed E-state index contributed by atoms with van der Waals surface area (Å²) in [5, 5.41) is 7.00. The number of aryl methyl sites for hydroxylation is 1. The van der Waals surface area contributed by atoms with E-state index in [9.17, 15) is 0 Å². The molecular formula is C23H37NO. The predicted octanol–water partition coefficient (Wildman–Crippen LogP) is 5.13. The van der Waals surface area contributed by atoms with Crippen LogP contribution in [0.5, 0.6) is 0 Å². The van der Waals surface area contributed by atoms with Gasteiger partial charge in [-0.25, -0.2) is 0 Å². The summed E-state index contributed by atoms with van der Waals surface area (Å²) in [7, 11) is 1.00. The molecule has 2 heteroatoms. The fourth-order valence-electron chi connectivity index (χ4n) is 4.52. The van der Waals surface area contributed by atoms with Crippen molar-refractivity contribution in [3.63, 3.8) is 0 Å². The van der Waals surface area contributed by atoms with Crippen LogP contribution >= 0.6 is 0 Å². The van der Waals surface area contributed by atoms with Crippen LogP contribution in [0, 0.1) is 5.92 Å². The van der Waals surface area contributed by atoms with Gasteiger partial charge in [-0.1, -0.05) is 37.3 Å². The monoisotopic (exact) mass is 343 g/mol. The normalized spacial score (nSPS) is 28.5. The summed E-state index contributed by atoms with van der Waals surface area (Å²) < 4.78 is 0. The van der Waals surface area contributed by atoms with Gasteiger partial charge in [-0.2, -0.15) is 0 Å². The first-order valence-corrected chi connectivity index (χ1v) is 10.1. The minimum atomic E-state index is 0.0532. The topological polar surface area (TPSA) is 46.2 Å². The maximum absolute atomic E-state index is 7.00. The fourth-order valence-corrected chi connectivity index (χ4v) is 4.52. The Labute approximate surface area is 154 Å². The Morgan fingerprint density at radius 1 is 1.20 bits per heavy atom. The fraction of sp³-hybridized carbons (Fsp3) is 0.652. The first-order chi connectivity index (χ1) is 12.1. The van der Waals surface area contributed by atoms with E-state index in [1.807, 2.05) is 0 Å². The molecular weight excluding hydrogens is 306 g/mol. The Kier molecular flexibility index (Phi) is 7.71. The maximum Gasteiger partial charge on any atom is 0.0319 e. The molecule has 140 valence electrons. The van der Waals surface area contributed by atoms with Gasteiger partial charge in [0.15, 0.2) is 0 Å². The highest BCUT2D eigenvalue weighted by Crippen LogP contribution is 2.40. The number of hydrogen-bond donors (Lipinski definition) is 2. The first kappa shape index (κ1) is 20.2. The second-order valence-corrected chi connectivity index (χ2v) is 8.19. The van der Waals surface area contributed by atoms with Crippen molar-refractivity contribution >= 4 is 0 Å². The summed E-state index contributed by atoms with van der Waals surface area (Å²) in [6.07, 6.45) is 16.0. The zero-order valence-electron chi connectivity index (χ0n) is 16.4. The number of fused-ring (bicyclic) bond motifs is 1. The van der Waals surface area contributed by atoms with Gasteiger partial charge in [0.05, 0.1) is 0 Å². The number of aliphatic hydroxyl groups is 1. The van der Waals surface area contributed by atoms with Crippen LogP contribution in [-0.2, 0) is 12.8 Å². The zero-order valence-corrected chi connectivity index (χ0v) is 16.4. The van der Waals surface area contributed by atoms with E-state index in [4.69, 9.17) is 10.8 Å². The lowest BCUT2D eigenvalue weighted by molar-refractivity contribution is 0.399. The second kappa shape index (κ2) is 9.54. The van der Waals surface area contributed by atoms with Crippen molar-refractivity contribution < 1.29 is 5.11 Å². The largest absolute Gasteiger partial charge is 0.400 e. The Hall–Kier alpha value is -1.12. The molecule has 2 aliphatic carbocycles. The summed E-state index contributed by atoms with van der Waals surface area (Å²) >= 11 is 0. The molecule has 3 atom stereocenters. The van der Waals surface area contributed by atoms with E-state index in [1.54, 1.807) is 16.7 Å². The van der Waals surface area contributed by atoms with Crippen LogP contribution < -0.4 is 5.73 Å². The summed E-state index contributed by atoms with van der Waals surface area (Å²) in [6, 6.07) is 7.32. The van der Waals surface area contributed by atoms with Crippen molar-refractivity contribution in [1.29, 1.82) is 0 Å². The molecule has 3 N–H and O–H groups in total. The van der Waals surface area contributed by atoms with Gasteiger partial charge < -0.3 is 10.8 Å². The van der Waals surface area contributed by atoms with Gasteiger partial charge in [-0.3, -0.25) is 0 Å². The molecule has 0 saturated heterocycles. The van der Waals surface area contributed by atoms with Crippen molar-refractivity contribution in [3.05, 3.63) is 47.0 Å². The molecule has 0 heterocycles. The highest BCUT2D eigenvalue weighted by Gasteiger charge is 2.32. The maximum atomic E-state index is 7.00. The van der Waals surface area contributed by atoms with Crippen LogP contribution in [0.15, 0.2) is 30.4 Å². The number of allylic oxidation sites excluding steroid dienone is 2. The van der Waals surface area contributed by atoms with E-state index >= 15 is 0 Å². The van der Waals surface area contributed by atoms with Gasteiger partial charge >= 0.3 is 0 Å². The number of hydrogen-bond acceptors (Lipinski definition) is 2. The molecule has 1 saturated carbocycles. The third kappa shape index (κ3) is 5.69. The number of aliphatic hydroxyl groups excluding tert-OH is 1. The standard InChI is InChI=1S/C22H33N.CH4O/c1-3-4-5-6-7-17-8-9-19-15-20(11-10-18(19)14-17)21-12-13-22(2,23)16-21;1-2/h4-5,10-11,15,17,21H,3,6-9,12-14,16,23H2,1-2H3;2H,1H3/b5-4+;/t17-,21-,22+;/m0./s1. The molecule has 2 aliphatic rings. The first-order valence-electron chi connectivity index (χ1n) is 10.1. The van der Waals surface area contributed by atoms with Crippen LogP contribution in [0.1, 0.15) is 81.4 Å². The van der Waals surface area contributed by atoms with Crippen LogP contribution in [0.25, 0.3) is 0 Å². The number of benzene rings is 1. The number of rotatable bonds is 5. The molecule has 0 amide bonds. The van der Waals surface area contributed by atoms with Gasteiger partial charge in [-0.15, -0.1) is 0 Å². The van der Waals surface area contributed by atoms with E-state index in [2.05, 4.69) is 44.2 Å². The quantitative estimate of drug-likeness (QED) is 0.728. The molecule has 0 bridgehead atoms. The van der Waals surface area contributed by atoms with Crippen molar-refractivity contribution in [2.24, 2.45) is 11.7 Å². The van der Waals surface area contributed by atoms with Gasteiger partial charge in [0.1, 0.15) is 0 Å².